The van der Waals surface area contributed by atoms with Gasteiger partial charge in [-0.3, -0.25) is 0 Å². The number of aryl methyl sites for hydroxylation is 1. The highest BCUT2D eigenvalue weighted by Gasteiger charge is 2.15. The third kappa shape index (κ3) is 1.97. The lowest BCUT2D eigenvalue weighted by molar-refractivity contribution is 0.0690. The summed E-state index contributed by atoms with van der Waals surface area (Å²) in [5.74, 6) is -0.703. The molecule has 0 aliphatic rings. The van der Waals surface area contributed by atoms with Crippen LogP contribution in [-0.2, 0) is 0 Å². The highest BCUT2D eigenvalue weighted by atomic mass is 35.5. The molecule has 0 aliphatic heterocycles. The summed E-state index contributed by atoms with van der Waals surface area (Å²) in [6.45, 7) is 5.76. The Bertz CT molecular complexity index is 634. The van der Waals surface area contributed by atoms with Crippen molar-refractivity contribution in [1.82, 2.24) is 14.8 Å². The lowest BCUT2D eigenvalue weighted by atomic mass is 10.2. The van der Waals surface area contributed by atoms with Crippen molar-refractivity contribution < 1.29 is 9.90 Å². The molecule has 5 nitrogen and oxygen atoms in total. The molecule has 0 unspecified atom stereocenters. The number of rotatable bonds is 2. The fourth-order valence-corrected chi connectivity index (χ4v) is 1.83. The largest absolute Gasteiger partial charge is 0.476 e. The molecule has 2 aromatic heterocycles. The Morgan fingerprint density at radius 1 is 1.33 bits per heavy atom. The van der Waals surface area contributed by atoms with E-state index in [0.717, 1.165) is 17.0 Å². The van der Waals surface area contributed by atoms with Crippen LogP contribution in [0.2, 0.25) is 5.02 Å². The molecule has 0 atom stereocenters. The highest BCUT2D eigenvalue weighted by Crippen LogP contribution is 2.19. The summed E-state index contributed by atoms with van der Waals surface area (Å²) in [5.41, 5.74) is 2.71. The van der Waals surface area contributed by atoms with Crippen LogP contribution in [0.1, 0.15) is 27.4 Å². The quantitative estimate of drug-likeness (QED) is 0.906. The van der Waals surface area contributed by atoms with Crippen LogP contribution < -0.4 is 0 Å². The average molecular weight is 266 g/mol. The first kappa shape index (κ1) is 12.6. The molecule has 0 bridgehead atoms. The SMILES string of the molecule is Cc1nn(-c2ccc(Cl)c(C(=O)O)n2)c(C)c1C. The third-order valence-electron chi connectivity index (χ3n) is 2.90. The Kier molecular flexibility index (Phi) is 3.09. The van der Waals surface area contributed by atoms with Crippen molar-refractivity contribution in [2.45, 2.75) is 20.8 Å². The molecule has 94 valence electrons. The number of carboxylic acid groups (broad SMARTS) is 1. The van der Waals surface area contributed by atoms with E-state index < -0.39 is 5.97 Å². The molecule has 0 radical (unpaired) electrons. The monoisotopic (exact) mass is 265 g/mol. The van der Waals surface area contributed by atoms with Gasteiger partial charge in [0.15, 0.2) is 11.5 Å². The lowest BCUT2D eigenvalue weighted by Gasteiger charge is -2.05. The molecule has 2 rings (SSSR count). The van der Waals surface area contributed by atoms with Gasteiger partial charge in [0.2, 0.25) is 0 Å². The van der Waals surface area contributed by atoms with Gasteiger partial charge in [0.25, 0.3) is 0 Å². The molecule has 0 amide bonds. The van der Waals surface area contributed by atoms with Gasteiger partial charge in [-0.15, -0.1) is 0 Å². The second kappa shape index (κ2) is 4.42. The number of hydrogen-bond acceptors (Lipinski definition) is 3. The molecule has 2 aromatic rings. The summed E-state index contributed by atoms with van der Waals surface area (Å²) >= 11 is 5.78. The smallest absolute Gasteiger partial charge is 0.356 e. The van der Waals surface area contributed by atoms with Crippen molar-refractivity contribution in [3.63, 3.8) is 0 Å². The van der Waals surface area contributed by atoms with Crippen LogP contribution in [0.25, 0.3) is 5.82 Å². The maximum atomic E-state index is 11.0. The van der Waals surface area contributed by atoms with Gasteiger partial charge in [-0.1, -0.05) is 11.6 Å². The molecule has 0 aliphatic carbocycles. The number of halogens is 1. The van der Waals surface area contributed by atoms with Gasteiger partial charge >= 0.3 is 5.97 Å². The molecular weight excluding hydrogens is 254 g/mol. The van der Waals surface area contributed by atoms with Gasteiger partial charge in [0.05, 0.1) is 10.7 Å². The minimum atomic E-state index is -1.15. The second-order valence-electron chi connectivity index (χ2n) is 4.01. The minimum absolute atomic E-state index is 0.115. The van der Waals surface area contributed by atoms with E-state index >= 15 is 0 Å². The van der Waals surface area contributed by atoms with Crippen molar-refractivity contribution in [3.05, 3.63) is 39.8 Å². The second-order valence-corrected chi connectivity index (χ2v) is 4.42. The first-order valence-electron chi connectivity index (χ1n) is 5.35. The van der Waals surface area contributed by atoms with Gasteiger partial charge < -0.3 is 5.11 Å². The van der Waals surface area contributed by atoms with Crippen LogP contribution in [0.15, 0.2) is 12.1 Å². The van der Waals surface area contributed by atoms with E-state index in [1.807, 2.05) is 20.8 Å². The van der Waals surface area contributed by atoms with E-state index in [9.17, 15) is 4.79 Å². The molecule has 0 saturated heterocycles. The first-order chi connectivity index (χ1) is 8.41. The normalized spacial score (nSPS) is 10.7. The molecule has 18 heavy (non-hydrogen) atoms. The van der Waals surface area contributed by atoms with E-state index in [4.69, 9.17) is 16.7 Å². The molecule has 1 N–H and O–H groups in total. The van der Waals surface area contributed by atoms with Crippen LogP contribution in [0, 0.1) is 20.8 Å². The maximum absolute atomic E-state index is 11.0. The van der Waals surface area contributed by atoms with E-state index in [2.05, 4.69) is 10.1 Å². The predicted molar refractivity (Wildman–Crippen MR) is 67.5 cm³/mol. The Morgan fingerprint density at radius 3 is 2.50 bits per heavy atom. The Morgan fingerprint density at radius 2 is 2.00 bits per heavy atom. The standard InChI is InChI=1S/C12H12ClN3O2/c1-6-7(2)15-16(8(6)3)10-5-4-9(13)11(14-10)12(17)18/h4-5H,1-3H3,(H,17,18). The number of carboxylic acids is 1. The molecule has 0 spiro atoms. The fraction of sp³-hybridized carbons (Fsp3) is 0.250. The average Bonchev–Trinajstić information content (AvgIpc) is 2.57. The van der Waals surface area contributed by atoms with Gasteiger partial charge in [-0.2, -0.15) is 5.10 Å². The zero-order valence-electron chi connectivity index (χ0n) is 10.2. The van der Waals surface area contributed by atoms with Crippen LogP contribution in [0.4, 0.5) is 0 Å². The number of aromatic nitrogens is 3. The number of pyridine rings is 1. The molecule has 0 fully saturated rings. The Labute approximate surface area is 109 Å². The van der Waals surface area contributed by atoms with Crippen molar-refractivity contribution in [2.75, 3.05) is 0 Å². The van der Waals surface area contributed by atoms with Crippen LogP contribution in [-0.4, -0.2) is 25.8 Å². The fourth-order valence-electron chi connectivity index (χ4n) is 1.64. The molecule has 6 heteroatoms. The van der Waals surface area contributed by atoms with E-state index in [1.165, 1.54) is 6.07 Å². The van der Waals surface area contributed by atoms with Gasteiger partial charge in [0.1, 0.15) is 0 Å². The van der Waals surface area contributed by atoms with E-state index in [-0.39, 0.29) is 10.7 Å². The van der Waals surface area contributed by atoms with Gasteiger partial charge in [0, 0.05) is 5.69 Å². The summed E-state index contributed by atoms with van der Waals surface area (Å²) in [6, 6.07) is 3.16. The summed E-state index contributed by atoms with van der Waals surface area (Å²) < 4.78 is 1.62. The number of aromatic carboxylic acids is 1. The summed E-state index contributed by atoms with van der Waals surface area (Å²) in [6.07, 6.45) is 0. The molecule has 2 heterocycles. The molecule has 0 saturated carbocycles. The number of nitrogens with zero attached hydrogens (tertiary/aromatic N) is 3. The summed E-state index contributed by atoms with van der Waals surface area (Å²) in [4.78, 5) is 15.0. The zero-order valence-corrected chi connectivity index (χ0v) is 11.0. The Balaban J connectivity index is 2.61. The topological polar surface area (TPSA) is 68.0 Å². The minimum Gasteiger partial charge on any atom is -0.476 e. The Hall–Kier alpha value is -1.88. The summed E-state index contributed by atoms with van der Waals surface area (Å²) in [7, 11) is 0. The molecular formula is C12H12ClN3O2. The van der Waals surface area contributed by atoms with Gasteiger partial charge in [-0.25, -0.2) is 14.5 Å². The van der Waals surface area contributed by atoms with Crippen LogP contribution in [0.3, 0.4) is 0 Å². The number of carbonyl (C=O) groups is 1. The van der Waals surface area contributed by atoms with Crippen molar-refractivity contribution >= 4 is 17.6 Å². The molecule has 0 aromatic carbocycles. The number of hydrogen-bond donors (Lipinski definition) is 1. The third-order valence-corrected chi connectivity index (χ3v) is 3.21. The zero-order chi connectivity index (χ0) is 13.4. The van der Waals surface area contributed by atoms with Crippen LogP contribution in [0.5, 0.6) is 0 Å². The summed E-state index contributed by atoms with van der Waals surface area (Å²) in [5, 5.41) is 13.4. The van der Waals surface area contributed by atoms with Crippen molar-refractivity contribution in [3.8, 4) is 5.82 Å². The van der Waals surface area contributed by atoms with Crippen molar-refractivity contribution in [1.29, 1.82) is 0 Å². The van der Waals surface area contributed by atoms with Crippen molar-refractivity contribution in [2.24, 2.45) is 0 Å². The predicted octanol–water partition coefficient (Wildman–Crippen LogP) is 2.54. The first-order valence-corrected chi connectivity index (χ1v) is 5.72. The van der Waals surface area contributed by atoms with Gasteiger partial charge in [-0.05, 0) is 38.5 Å². The lowest BCUT2D eigenvalue weighted by Crippen LogP contribution is -2.08. The van der Waals surface area contributed by atoms with Crippen LogP contribution >= 0.6 is 11.6 Å². The van der Waals surface area contributed by atoms with E-state index in [0.29, 0.717) is 5.82 Å². The highest BCUT2D eigenvalue weighted by molar-refractivity contribution is 6.33. The van der Waals surface area contributed by atoms with E-state index in [1.54, 1.807) is 10.7 Å². The maximum Gasteiger partial charge on any atom is 0.356 e.